The van der Waals surface area contributed by atoms with E-state index in [1.54, 1.807) is 6.92 Å². The molecular weight excluding hydrogens is 132 g/mol. The largest absolute Gasteiger partial charge is 0.515 e. The average molecular weight is 142 g/mol. The fraction of sp³-hybridized carbons (Fsp3) is 0.571. The van der Waals surface area contributed by atoms with Crippen molar-refractivity contribution >= 4 is 5.97 Å². The Hall–Kier alpha value is -0.990. The van der Waals surface area contributed by atoms with Gasteiger partial charge in [-0.05, 0) is 6.92 Å². The van der Waals surface area contributed by atoms with Crippen LogP contribution in [0.4, 0.5) is 0 Å². The number of hydrogen-bond donors (Lipinski definition) is 1. The lowest BCUT2D eigenvalue weighted by molar-refractivity contribution is -0.138. The summed E-state index contributed by atoms with van der Waals surface area (Å²) in [5, 5.41) is 8.56. The van der Waals surface area contributed by atoms with Crippen LogP contribution >= 0.6 is 0 Å². The van der Waals surface area contributed by atoms with E-state index in [4.69, 9.17) is 9.84 Å². The van der Waals surface area contributed by atoms with Gasteiger partial charge in [0.05, 0.1) is 11.8 Å². The van der Waals surface area contributed by atoms with Gasteiger partial charge in [-0.15, -0.1) is 0 Å². The van der Waals surface area contributed by atoms with Crippen LogP contribution < -0.4 is 0 Å². The molecule has 10 heavy (non-hydrogen) atoms. The summed E-state index contributed by atoms with van der Waals surface area (Å²) in [6.45, 7) is 3.65. The lowest BCUT2D eigenvalue weighted by Crippen LogP contribution is -2.07. The van der Waals surface area contributed by atoms with Crippen molar-refractivity contribution in [2.24, 2.45) is 5.92 Å². The number of ether oxygens (including phenoxy) is 1. The zero-order chi connectivity index (χ0) is 7.72. The van der Waals surface area contributed by atoms with Crippen LogP contribution in [0.3, 0.4) is 0 Å². The van der Waals surface area contributed by atoms with Crippen LogP contribution in [-0.2, 0) is 9.53 Å². The highest BCUT2D eigenvalue weighted by atomic mass is 16.6. The highest BCUT2D eigenvalue weighted by Gasteiger charge is 2.33. The van der Waals surface area contributed by atoms with Crippen LogP contribution in [0.2, 0.25) is 0 Å². The summed E-state index contributed by atoms with van der Waals surface area (Å²) < 4.78 is 4.81. The standard InChI is InChI=1S/C7H10O3/c1-4-5(2)10-7(9)6(4)3-8/h3-5,8H,1-2H3. The Morgan fingerprint density at radius 2 is 2.20 bits per heavy atom. The van der Waals surface area contributed by atoms with E-state index in [1.165, 1.54) is 0 Å². The zero-order valence-corrected chi connectivity index (χ0v) is 6.00. The number of rotatable bonds is 0. The number of aliphatic hydroxyl groups excluding tert-OH is 1. The molecule has 1 aliphatic heterocycles. The lowest BCUT2D eigenvalue weighted by Gasteiger charge is -2.04. The second-order valence-corrected chi connectivity index (χ2v) is 2.48. The van der Waals surface area contributed by atoms with Gasteiger partial charge in [0.2, 0.25) is 0 Å². The summed E-state index contributed by atoms with van der Waals surface area (Å²) in [6, 6.07) is 0. The molecule has 0 bridgehead atoms. The van der Waals surface area contributed by atoms with Crippen molar-refractivity contribution in [2.75, 3.05) is 0 Å². The van der Waals surface area contributed by atoms with Gasteiger partial charge in [-0.2, -0.15) is 0 Å². The number of aliphatic hydroxyl groups is 1. The molecule has 0 aromatic rings. The van der Waals surface area contributed by atoms with Gasteiger partial charge in [-0.25, -0.2) is 4.79 Å². The summed E-state index contributed by atoms with van der Waals surface area (Å²) in [4.78, 5) is 10.8. The Balaban J connectivity index is 2.85. The first kappa shape index (κ1) is 7.12. The van der Waals surface area contributed by atoms with Crippen molar-refractivity contribution in [3.05, 3.63) is 11.8 Å². The quantitative estimate of drug-likeness (QED) is 0.312. The first-order valence-electron chi connectivity index (χ1n) is 3.22. The zero-order valence-electron chi connectivity index (χ0n) is 6.00. The molecule has 0 radical (unpaired) electrons. The van der Waals surface area contributed by atoms with Crippen LogP contribution in [-0.4, -0.2) is 17.2 Å². The van der Waals surface area contributed by atoms with Gasteiger partial charge in [0.1, 0.15) is 6.10 Å². The number of hydrogen-bond acceptors (Lipinski definition) is 3. The Labute approximate surface area is 59.3 Å². The number of carbonyl (C=O) groups is 1. The van der Waals surface area contributed by atoms with Crippen LogP contribution in [0.1, 0.15) is 13.8 Å². The van der Waals surface area contributed by atoms with Crippen molar-refractivity contribution in [3.63, 3.8) is 0 Å². The van der Waals surface area contributed by atoms with E-state index in [0.717, 1.165) is 6.26 Å². The van der Waals surface area contributed by atoms with Gasteiger partial charge < -0.3 is 9.84 Å². The molecular formula is C7H10O3. The molecule has 2 atom stereocenters. The summed E-state index contributed by atoms with van der Waals surface area (Å²) in [7, 11) is 0. The fourth-order valence-corrected chi connectivity index (χ4v) is 0.948. The molecule has 0 amide bonds. The monoisotopic (exact) mass is 142 g/mol. The summed E-state index contributed by atoms with van der Waals surface area (Å²) in [5.41, 5.74) is 0.368. The van der Waals surface area contributed by atoms with Crippen LogP contribution in [0.15, 0.2) is 11.8 Å². The maximum Gasteiger partial charge on any atom is 0.337 e. The van der Waals surface area contributed by atoms with E-state index in [2.05, 4.69) is 0 Å². The fourth-order valence-electron chi connectivity index (χ4n) is 0.948. The van der Waals surface area contributed by atoms with E-state index < -0.39 is 5.97 Å². The SMILES string of the molecule is CC1OC(=O)C(=CO)C1C. The average Bonchev–Trinajstić information content (AvgIpc) is 2.09. The van der Waals surface area contributed by atoms with Crippen molar-refractivity contribution in [1.82, 2.24) is 0 Å². The lowest BCUT2D eigenvalue weighted by atomic mass is 10.0. The summed E-state index contributed by atoms with van der Waals surface area (Å²) in [6.07, 6.45) is 0.724. The molecule has 0 spiro atoms. The number of esters is 1. The molecule has 3 heteroatoms. The summed E-state index contributed by atoms with van der Waals surface area (Å²) in [5.74, 6) is -0.389. The Morgan fingerprint density at radius 1 is 1.60 bits per heavy atom. The van der Waals surface area contributed by atoms with Crippen molar-refractivity contribution in [2.45, 2.75) is 20.0 Å². The smallest absolute Gasteiger partial charge is 0.337 e. The third-order valence-corrected chi connectivity index (χ3v) is 1.86. The van der Waals surface area contributed by atoms with Crippen molar-refractivity contribution < 1.29 is 14.6 Å². The molecule has 1 N–H and O–H groups in total. The molecule has 1 heterocycles. The van der Waals surface area contributed by atoms with E-state index >= 15 is 0 Å². The third-order valence-electron chi connectivity index (χ3n) is 1.86. The van der Waals surface area contributed by atoms with Gasteiger partial charge in [-0.1, -0.05) is 6.92 Å². The predicted octanol–water partition coefficient (Wildman–Crippen LogP) is 1.01. The molecule has 1 fully saturated rings. The topological polar surface area (TPSA) is 46.5 Å². The molecule has 0 aromatic heterocycles. The first-order chi connectivity index (χ1) is 4.66. The van der Waals surface area contributed by atoms with E-state index in [-0.39, 0.29) is 12.0 Å². The molecule has 2 unspecified atom stereocenters. The summed E-state index contributed by atoms with van der Waals surface area (Å²) >= 11 is 0. The molecule has 0 aliphatic carbocycles. The van der Waals surface area contributed by atoms with E-state index in [1.807, 2.05) is 6.92 Å². The third kappa shape index (κ3) is 0.875. The highest BCUT2D eigenvalue weighted by Crippen LogP contribution is 2.25. The minimum Gasteiger partial charge on any atom is -0.515 e. The van der Waals surface area contributed by atoms with Gasteiger partial charge in [0.25, 0.3) is 0 Å². The minimum absolute atomic E-state index is 0.0116. The molecule has 56 valence electrons. The van der Waals surface area contributed by atoms with Crippen LogP contribution in [0.25, 0.3) is 0 Å². The Bertz CT molecular complexity index is 183. The van der Waals surface area contributed by atoms with Crippen molar-refractivity contribution in [3.8, 4) is 0 Å². The highest BCUT2D eigenvalue weighted by molar-refractivity contribution is 5.90. The Kier molecular flexibility index (Phi) is 1.66. The van der Waals surface area contributed by atoms with E-state index in [0.29, 0.717) is 5.57 Å². The van der Waals surface area contributed by atoms with Crippen molar-refractivity contribution in [1.29, 1.82) is 0 Å². The van der Waals surface area contributed by atoms with Gasteiger partial charge in [-0.3, -0.25) is 0 Å². The molecule has 1 saturated heterocycles. The van der Waals surface area contributed by atoms with Crippen LogP contribution in [0, 0.1) is 5.92 Å². The van der Waals surface area contributed by atoms with E-state index in [9.17, 15) is 4.79 Å². The molecule has 0 saturated carbocycles. The normalized spacial score (nSPS) is 36.6. The minimum atomic E-state index is -0.400. The van der Waals surface area contributed by atoms with Gasteiger partial charge in [0.15, 0.2) is 0 Å². The second kappa shape index (κ2) is 2.33. The van der Waals surface area contributed by atoms with Gasteiger partial charge in [0, 0.05) is 5.92 Å². The Morgan fingerprint density at radius 3 is 2.40 bits per heavy atom. The van der Waals surface area contributed by atoms with Gasteiger partial charge >= 0.3 is 5.97 Å². The molecule has 1 aliphatic rings. The number of cyclic esters (lactones) is 1. The molecule has 1 rings (SSSR count). The maximum atomic E-state index is 10.8. The molecule has 0 aromatic carbocycles. The first-order valence-corrected chi connectivity index (χ1v) is 3.22. The second-order valence-electron chi connectivity index (χ2n) is 2.48. The molecule has 3 nitrogen and oxygen atoms in total. The van der Waals surface area contributed by atoms with Crippen LogP contribution in [0.5, 0.6) is 0 Å². The predicted molar refractivity (Wildman–Crippen MR) is 35.4 cm³/mol. The number of carbonyl (C=O) groups excluding carboxylic acids is 1. The maximum absolute atomic E-state index is 10.8.